The first kappa shape index (κ1) is 28.2. The van der Waals surface area contributed by atoms with E-state index in [9.17, 15) is 0 Å². The van der Waals surface area contributed by atoms with Crippen molar-refractivity contribution in [3.8, 4) is 27.9 Å². The highest BCUT2D eigenvalue weighted by atomic mass is 15.1. The molecule has 0 saturated heterocycles. The number of para-hydroxylation sites is 4. The molecule has 1 spiro atoms. The van der Waals surface area contributed by atoms with E-state index in [1.54, 1.807) is 0 Å². The fourth-order valence-electron chi connectivity index (χ4n) is 9.15. The highest BCUT2D eigenvalue weighted by Gasteiger charge is 2.50. The summed E-state index contributed by atoms with van der Waals surface area (Å²) >= 11 is 0. The van der Waals surface area contributed by atoms with E-state index in [-0.39, 0.29) is 0 Å². The van der Waals surface area contributed by atoms with E-state index < -0.39 is 5.41 Å². The molecular weight excluding hydrogens is 617 g/mol. The van der Waals surface area contributed by atoms with E-state index in [0.29, 0.717) is 0 Å². The van der Waals surface area contributed by atoms with Gasteiger partial charge in [-0.1, -0.05) is 133 Å². The van der Waals surface area contributed by atoms with Gasteiger partial charge in [0.2, 0.25) is 0 Å². The molecule has 0 bridgehead atoms. The topological polar surface area (TPSA) is 8.17 Å². The summed E-state index contributed by atoms with van der Waals surface area (Å²) in [4.78, 5) is 2.32. The van der Waals surface area contributed by atoms with Crippen LogP contribution in [-0.2, 0) is 5.41 Å². The minimum absolute atomic E-state index is 0.459. The zero-order chi connectivity index (χ0) is 33.5. The zero-order valence-electron chi connectivity index (χ0n) is 27.9. The van der Waals surface area contributed by atoms with Gasteiger partial charge < -0.3 is 9.47 Å². The Morgan fingerprint density at radius 3 is 1.57 bits per heavy atom. The van der Waals surface area contributed by atoms with Gasteiger partial charge in [0.25, 0.3) is 0 Å². The van der Waals surface area contributed by atoms with E-state index in [2.05, 4.69) is 204 Å². The minimum atomic E-state index is -0.459. The number of rotatable bonds is 4. The number of hydrogen-bond acceptors (Lipinski definition) is 1. The summed E-state index contributed by atoms with van der Waals surface area (Å²) in [5.41, 5.74) is 17.1. The summed E-state index contributed by atoms with van der Waals surface area (Å²) in [5.74, 6) is 0. The van der Waals surface area contributed by atoms with Gasteiger partial charge in [0.15, 0.2) is 0 Å². The molecule has 2 heteroatoms. The highest BCUT2D eigenvalue weighted by Crippen LogP contribution is 2.61. The number of nitrogens with zero attached hydrogens (tertiary/aromatic N) is 2. The van der Waals surface area contributed by atoms with E-state index in [1.165, 1.54) is 72.0 Å². The van der Waals surface area contributed by atoms with Crippen molar-refractivity contribution in [3.63, 3.8) is 0 Å². The molecule has 238 valence electrons. The number of fused-ring (bicyclic) bond motifs is 12. The number of anilines is 3. The van der Waals surface area contributed by atoms with Gasteiger partial charge in [0.1, 0.15) is 0 Å². The summed E-state index contributed by atoms with van der Waals surface area (Å²) in [6.45, 7) is 0. The normalized spacial score (nSPS) is 13.3. The van der Waals surface area contributed by atoms with Gasteiger partial charge >= 0.3 is 0 Å². The minimum Gasteiger partial charge on any atom is -0.311 e. The maximum absolute atomic E-state index is 2.52. The molecule has 51 heavy (non-hydrogen) atoms. The second-order valence-electron chi connectivity index (χ2n) is 13.7. The summed E-state index contributed by atoms with van der Waals surface area (Å²) in [7, 11) is 0. The van der Waals surface area contributed by atoms with Crippen LogP contribution in [0.1, 0.15) is 22.3 Å². The van der Waals surface area contributed by atoms with Crippen LogP contribution in [0.2, 0.25) is 0 Å². The van der Waals surface area contributed by atoms with Crippen molar-refractivity contribution in [2.75, 3.05) is 4.90 Å². The van der Waals surface area contributed by atoms with E-state index in [4.69, 9.17) is 0 Å². The third-order valence-electron chi connectivity index (χ3n) is 11.2. The van der Waals surface area contributed by atoms with Crippen molar-refractivity contribution in [2.24, 2.45) is 0 Å². The van der Waals surface area contributed by atoms with Gasteiger partial charge in [-0.25, -0.2) is 0 Å². The molecular formula is C49H32N2. The van der Waals surface area contributed by atoms with Crippen molar-refractivity contribution in [2.45, 2.75) is 5.41 Å². The Labute approximate surface area is 297 Å². The Balaban J connectivity index is 1.20. The molecule has 0 atom stereocenters. The van der Waals surface area contributed by atoms with Gasteiger partial charge in [-0.05, 0) is 105 Å². The third kappa shape index (κ3) is 3.82. The lowest BCUT2D eigenvalue weighted by atomic mass is 9.65. The van der Waals surface area contributed by atoms with E-state index in [0.717, 1.165) is 17.1 Å². The van der Waals surface area contributed by atoms with Gasteiger partial charge in [-0.2, -0.15) is 0 Å². The van der Waals surface area contributed by atoms with Crippen LogP contribution in [0.25, 0.3) is 49.7 Å². The van der Waals surface area contributed by atoms with Gasteiger partial charge in [0, 0.05) is 27.8 Å². The first-order valence-corrected chi connectivity index (χ1v) is 17.7. The standard InChI is InChI=1S/C49H32N2/c1-3-15-35(16-4-1)50(36-17-5-2-6-18-36)37-29-27-33(28-30-37)34-31-41-40-21-9-13-25-46(40)51-47-26-14-12-24-44(47)49(45(32-34)48(41)51)42-22-10-7-19-38(42)39-20-8-11-23-43(39)49/h1-32H. The molecule has 1 aliphatic heterocycles. The number of benzene rings is 8. The van der Waals surface area contributed by atoms with Crippen molar-refractivity contribution >= 4 is 38.9 Å². The van der Waals surface area contributed by atoms with Crippen LogP contribution in [0, 0.1) is 0 Å². The predicted molar refractivity (Wildman–Crippen MR) is 212 cm³/mol. The number of aromatic nitrogens is 1. The van der Waals surface area contributed by atoms with Crippen molar-refractivity contribution < 1.29 is 0 Å². The largest absolute Gasteiger partial charge is 0.311 e. The molecule has 2 aliphatic rings. The van der Waals surface area contributed by atoms with Crippen LogP contribution in [-0.4, -0.2) is 4.57 Å². The average molecular weight is 649 g/mol. The molecule has 0 fully saturated rings. The quantitative estimate of drug-likeness (QED) is 0.184. The molecule has 1 aromatic heterocycles. The Kier molecular flexibility index (Phi) is 5.91. The fraction of sp³-hybridized carbons (Fsp3) is 0.0204. The molecule has 0 unspecified atom stereocenters. The van der Waals surface area contributed by atoms with Crippen molar-refractivity contribution in [3.05, 3.63) is 216 Å². The van der Waals surface area contributed by atoms with Gasteiger partial charge in [-0.15, -0.1) is 0 Å². The molecule has 9 aromatic rings. The van der Waals surface area contributed by atoms with Crippen LogP contribution in [0.3, 0.4) is 0 Å². The maximum atomic E-state index is 2.52. The molecule has 2 nitrogen and oxygen atoms in total. The lowest BCUT2D eigenvalue weighted by molar-refractivity contribution is 0.749. The predicted octanol–water partition coefficient (Wildman–Crippen LogP) is 12.6. The molecule has 0 radical (unpaired) electrons. The van der Waals surface area contributed by atoms with Crippen LogP contribution < -0.4 is 4.90 Å². The Morgan fingerprint density at radius 2 is 0.902 bits per heavy atom. The Bertz CT molecular complexity index is 2710. The third-order valence-corrected chi connectivity index (χ3v) is 11.2. The molecule has 0 saturated carbocycles. The lowest BCUT2D eigenvalue weighted by Gasteiger charge is -2.39. The lowest BCUT2D eigenvalue weighted by Crippen LogP contribution is -2.33. The van der Waals surface area contributed by atoms with Crippen LogP contribution in [0.15, 0.2) is 194 Å². The summed E-state index contributed by atoms with van der Waals surface area (Å²) < 4.78 is 2.52. The van der Waals surface area contributed by atoms with Crippen LogP contribution >= 0.6 is 0 Å². The van der Waals surface area contributed by atoms with Crippen LogP contribution in [0.4, 0.5) is 17.1 Å². The van der Waals surface area contributed by atoms with Crippen LogP contribution in [0.5, 0.6) is 0 Å². The molecule has 11 rings (SSSR count). The molecule has 0 N–H and O–H groups in total. The van der Waals surface area contributed by atoms with E-state index in [1.807, 2.05) is 0 Å². The first-order valence-electron chi connectivity index (χ1n) is 17.7. The molecule has 0 amide bonds. The highest BCUT2D eigenvalue weighted by molar-refractivity contribution is 6.14. The Morgan fingerprint density at radius 1 is 0.373 bits per heavy atom. The molecule has 2 heterocycles. The number of hydrogen-bond donors (Lipinski definition) is 0. The summed E-state index contributed by atoms with van der Waals surface area (Å²) in [6, 6.07) is 71.4. The second-order valence-corrected chi connectivity index (χ2v) is 13.7. The first-order chi connectivity index (χ1) is 25.3. The van der Waals surface area contributed by atoms with Gasteiger partial charge in [-0.3, -0.25) is 0 Å². The SMILES string of the molecule is c1ccc(N(c2ccccc2)c2ccc(-c3cc4c5c(c3)c3ccccc3n5-c3ccccc3C43c4ccccc4-c4ccccc43)cc2)cc1. The average Bonchev–Trinajstić information content (AvgIpc) is 3.70. The van der Waals surface area contributed by atoms with Gasteiger partial charge in [0.05, 0.1) is 22.1 Å². The smallest absolute Gasteiger partial charge is 0.0754 e. The molecule has 8 aromatic carbocycles. The van der Waals surface area contributed by atoms with Crippen molar-refractivity contribution in [1.82, 2.24) is 4.57 Å². The monoisotopic (exact) mass is 648 g/mol. The van der Waals surface area contributed by atoms with Crippen molar-refractivity contribution in [1.29, 1.82) is 0 Å². The van der Waals surface area contributed by atoms with E-state index >= 15 is 0 Å². The second kappa shape index (κ2) is 10.7. The Hall–Kier alpha value is -6.64. The molecule has 1 aliphatic carbocycles. The summed E-state index contributed by atoms with van der Waals surface area (Å²) in [5, 5.41) is 2.56. The zero-order valence-corrected chi connectivity index (χ0v) is 27.9. The summed E-state index contributed by atoms with van der Waals surface area (Å²) in [6.07, 6.45) is 0. The maximum Gasteiger partial charge on any atom is 0.0754 e. The fourth-order valence-corrected chi connectivity index (χ4v) is 9.15.